The Morgan fingerprint density at radius 3 is 2.61 bits per heavy atom. The molecule has 1 unspecified atom stereocenters. The van der Waals surface area contributed by atoms with Crippen LogP contribution in [0.15, 0.2) is 0 Å². The Labute approximate surface area is 105 Å². The van der Waals surface area contributed by atoms with E-state index < -0.39 is 18.0 Å². The zero-order chi connectivity index (χ0) is 13.7. The first-order valence-corrected chi connectivity index (χ1v) is 5.72. The molecule has 0 radical (unpaired) electrons. The lowest BCUT2D eigenvalue weighted by molar-refractivity contribution is -0.149. The summed E-state index contributed by atoms with van der Waals surface area (Å²) in [4.78, 5) is 35.8. The second-order valence-electron chi connectivity index (χ2n) is 4.43. The summed E-state index contributed by atoms with van der Waals surface area (Å²) in [5, 5.41) is 11.3. The third-order valence-electron chi connectivity index (χ3n) is 2.98. The first-order chi connectivity index (χ1) is 8.43. The third-order valence-corrected chi connectivity index (χ3v) is 2.98. The maximum Gasteiger partial charge on any atom is 0.326 e. The van der Waals surface area contributed by atoms with E-state index in [0.717, 1.165) is 6.54 Å². The summed E-state index contributed by atoms with van der Waals surface area (Å²) in [6.07, 6.45) is 0.340. The standard InChI is InChI=1S/C11H18N2O5/c1-13-4-3-7(6-13)10(15)12-8(11(16)17)5-9(14)18-2/h7-8H,3-6H2,1-2H3,(H,12,15)(H,16,17)/t7?,8-/m0/s1. The Bertz CT molecular complexity index is 344. The molecule has 1 rings (SSSR count). The first kappa shape index (κ1) is 14.4. The summed E-state index contributed by atoms with van der Waals surface area (Å²) in [7, 11) is 3.07. The highest BCUT2D eigenvalue weighted by atomic mass is 16.5. The van der Waals surface area contributed by atoms with Crippen molar-refractivity contribution in [2.45, 2.75) is 18.9 Å². The minimum atomic E-state index is -1.24. The van der Waals surface area contributed by atoms with Crippen molar-refractivity contribution < 1.29 is 24.2 Å². The van der Waals surface area contributed by atoms with Crippen LogP contribution in [-0.2, 0) is 19.1 Å². The fraction of sp³-hybridized carbons (Fsp3) is 0.727. The molecule has 0 bridgehead atoms. The van der Waals surface area contributed by atoms with Gasteiger partial charge in [0.1, 0.15) is 6.04 Å². The summed E-state index contributed by atoms with van der Waals surface area (Å²) < 4.78 is 4.39. The van der Waals surface area contributed by atoms with E-state index in [2.05, 4.69) is 10.1 Å². The quantitative estimate of drug-likeness (QED) is 0.619. The van der Waals surface area contributed by atoms with Crippen LogP contribution in [0, 0.1) is 5.92 Å². The molecule has 102 valence electrons. The zero-order valence-corrected chi connectivity index (χ0v) is 10.5. The second kappa shape index (κ2) is 6.34. The van der Waals surface area contributed by atoms with Gasteiger partial charge in [-0.1, -0.05) is 0 Å². The summed E-state index contributed by atoms with van der Waals surface area (Å²) in [5.74, 6) is -2.43. The van der Waals surface area contributed by atoms with Gasteiger partial charge >= 0.3 is 11.9 Å². The van der Waals surface area contributed by atoms with Gasteiger partial charge in [0, 0.05) is 6.54 Å². The number of hydrogen-bond donors (Lipinski definition) is 2. The van der Waals surface area contributed by atoms with Crippen LogP contribution in [-0.4, -0.2) is 61.1 Å². The molecule has 0 aromatic rings. The molecule has 0 aromatic carbocycles. The Balaban J connectivity index is 2.52. The van der Waals surface area contributed by atoms with Crippen LogP contribution in [0.4, 0.5) is 0 Å². The van der Waals surface area contributed by atoms with Crippen LogP contribution < -0.4 is 5.32 Å². The minimum absolute atomic E-state index is 0.213. The number of carbonyl (C=O) groups excluding carboxylic acids is 2. The third kappa shape index (κ3) is 3.99. The number of nitrogens with zero attached hydrogens (tertiary/aromatic N) is 1. The Hall–Kier alpha value is -1.63. The normalized spacial score (nSPS) is 21.3. The zero-order valence-electron chi connectivity index (χ0n) is 10.5. The van der Waals surface area contributed by atoms with Gasteiger partial charge in [-0.05, 0) is 20.0 Å². The molecular formula is C11H18N2O5. The number of rotatable bonds is 5. The molecule has 18 heavy (non-hydrogen) atoms. The SMILES string of the molecule is COC(=O)C[C@H](NC(=O)C1CCN(C)C1)C(=O)O. The van der Waals surface area contributed by atoms with Crippen LogP contribution in [0.25, 0.3) is 0 Å². The van der Waals surface area contributed by atoms with E-state index in [1.165, 1.54) is 7.11 Å². The number of carboxylic acid groups (broad SMARTS) is 1. The molecule has 1 saturated heterocycles. The molecular weight excluding hydrogens is 240 g/mol. The molecule has 2 N–H and O–H groups in total. The van der Waals surface area contributed by atoms with Crippen LogP contribution in [0.2, 0.25) is 0 Å². The highest BCUT2D eigenvalue weighted by Gasteiger charge is 2.30. The van der Waals surface area contributed by atoms with E-state index in [1.807, 2.05) is 11.9 Å². The lowest BCUT2D eigenvalue weighted by Gasteiger charge is -2.16. The molecule has 0 saturated carbocycles. The monoisotopic (exact) mass is 258 g/mol. The van der Waals surface area contributed by atoms with Crippen molar-refractivity contribution in [3.8, 4) is 0 Å². The predicted molar refractivity (Wildman–Crippen MR) is 61.8 cm³/mol. The van der Waals surface area contributed by atoms with Crippen molar-refractivity contribution in [2.75, 3.05) is 27.2 Å². The van der Waals surface area contributed by atoms with Crippen LogP contribution >= 0.6 is 0 Å². The van der Waals surface area contributed by atoms with E-state index in [0.29, 0.717) is 13.0 Å². The number of nitrogens with one attached hydrogen (secondary N) is 1. The maximum atomic E-state index is 11.8. The van der Waals surface area contributed by atoms with Crippen LogP contribution in [0.3, 0.4) is 0 Å². The van der Waals surface area contributed by atoms with Crippen molar-refractivity contribution in [2.24, 2.45) is 5.92 Å². The van der Waals surface area contributed by atoms with Crippen molar-refractivity contribution in [1.29, 1.82) is 0 Å². The van der Waals surface area contributed by atoms with Crippen molar-refractivity contribution >= 4 is 17.8 Å². The molecule has 0 aromatic heterocycles. The molecule has 0 aliphatic carbocycles. The largest absolute Gasteiger partial charge is 0.480 e. The Kier molecular flexibility index (Phi) is 5.08. The van der Waals surface area contributed by atoms with Crippen molar-refractivity contribution in [3.05, 3.63) is 0 Å². The fourth-order valence-electron chi connectivity index (χ4n) is 1.89. The van der Waals surface area contributed by atoms with Gasteiger partial charge in [-0.25, -0.2) is 4.79 Å². The lowest BCUT2D eigenvalue weighted by Crippen LogP contribution is -2.45. The summed E-state index contributed by atoms with van der Waals surface area (Å²) in [5.41, 5.74) is 0. The number of aliphatic carboxylic acids is 1. The van der Waals surface area contributed by atoms with Gasteiger partial charge in [-0.15, -0.1) is 0 Å². The summed E-state index contributed by atoms with van der Waals surface area (Å²) in [6, 6.07) is -1.23. The first-order valence-electron chi connectivity index (χ1n) is 5.72. The predicted octanol–water partition coefficient (Wildman–Crippen LogP) is -0.929. The molecule has 1 amide bonds. The number of ether oxygens (including phenoxy) is 1. The Morgan fingerprint density at radius 1 is 1.50 bits per heavy atom. The summed E-state index contributed by atoms with van der Waals surface area (Å²) >= 11 is 0. The van der Waals surface area contributed by atoms with Crippen molar-refractivity contribution in [1.82, 2.24) is 10.2 Å². The second-order valence-corrected chi connectivity index (χ2v) is 4.43. The molecule has 1 aliphatic rings. The van der Waals surface area contributed by atoms with Gasteiger partial charge in [-0.3, -0.25) is 9.59 Å². The van der Waals surface area contributed by atoms with Crippen LogP contribution in [0.1, 0.15) is 12.8 Å². The van der Waals surface area contributed by atoms with Gasteiger partial charge in [-0.2, -0.15) is 0 Å². The number of esters is 1. The van der Waals surface area contributed by atoms with E-state index in [1.54, 1.807) is 0 Å². The van der Waals surface area contributed by atoms with E-state index >= 15 is 0 Å². The number of carbonyl (C=O) groups is 3. The Morgan fingerprint density at radius 2 is 2.17 bits per heavy atom. The molecule has 7 heteroatoms. The minimum Gasteiger partial charge on any atom is -0.480 e. The maximum absolute atomic E-state index is 11.8. The molecule has 1 fully saturated rings. The highest BCUT2D eigenvalue weighted by molar-refractivity contribution is 5.88. The van der Waals surface area contributed by atoms with Gasteiger partial charge < -0.3 is 20.1 Å². The fourth-order valence-corrected chi connectivity index (χ4v) is 1.89. The van der Waals surface area contributed by atoms with E-state index in [9.17, 15) is 14.4 Å². The van der Waals surface area contributed by atoms with Gasteiger partial charge in [0.25, 0.3) is 0 Å². The smallest absolute Gasteiger partial charge is 0.326 e. The van der Waals surface area contributed by atoms with Gasteiger partial charge in [0.2, 0.25) is 5.91 Å². The number of methoxy groups -OCH3 is 1. The topological polar surface area (TPSA) is 95.9 Å². The molecule has 1 heterocycles. The van der Waals surface area contributed by atoms with Gasteiger partial charge in [0.15, 0.2) is 0 Å². The number of carboxylic acids is 1. The molecule has 0 spiro atoms. The number of hydrogen-bond acceptors (Lipinski definition) is 5. The number of amides is 1. The molecule has 2 atom stereocenters. The average Bonchev–Trinajstić information content (AvgIpc) is 2.74. The molecule has 7 nitrogen and oxygen atoms in total. The highest BCUT2D eigenvalue weighted by Crippen LogP contribution is 2.14. The van der Waals surface area contributed by atoms with Crippen molar-refractivity contribution in [3.63, 3.8) is 0 Å². The lowest BCUT2D eigenvalue weighted by atomic mass is 10.1. The molecule has 1 aliphatic heterocycles. The average molecular weight is 258 g/mol. The van der Waals surface area contributed by atoms with E-state index in [-0.39, 0.29) is 18.2 Å². The number of likely N-dealkylation sites (tertiary alicyclic amines) is 1. The van der Waals surface area contributed by atoms with Gasteiger partial charge in [0.05, 0.1) is 19.4 Å². The van der Waals surface area contributed by atoms with Crippen LogP contribution in [0.5, 0.6) is 0 Å². The van der Waals surface area contributed by atoms with E-state index in [4.69, 9.17) is 5.11 Å². The summed E-state index contributed by atoms with van der Waals surface area (Å²) in [6.45, 7) is 1.42.